The number of fused-ring (bicyclic) bond motifs is 1. The third-order valence-electron chi connectivity index (χ3n) is 3.73. The lowest BCUT2D eigenvalue weighted by molar-refractivity contribution is 0.628. The molecule has 0 saturated heterocycles. The molecule has 0 fully saturated rings. The summed E-state index contributed by atoms with van der Waals surface area (Å²) >= 11 is 0. The van der Waals surface area contributed by atoms with Crippen LogP contribution >= 0.6 is 0 Å². The van der Waals surface area contributed by atoms with Gasteiger partial charge in [-0.05, 0) is 23.8 Å². The van der Waals surface area contributed by atoms with Gasteiger partial charge in [0, 0.05) is 36.9 Å². The zero-order valence-electron chi connectivity index (χ0n) is 12.7. The van der Waals surface area contributed by atoms with E-state index in [1.165, 1.54) is 12.1 Å². The van der Waals surface area contributed by atoms with E-state index in [0.29, 0.717) is 18.0 Å². The number of imidazole rings is 1. The lowest BCUT2D eigenvalue weighted by atomic mass is 10.1. The summed E-state index contributed by atoms with van der Waals surface area (Å²) in [7, 11) is 0. The molecule has 0 spiro atoms. The molecule has 0 amide bonds. The van der Waals surface area contributed by atoms with Crippen molar-refractivity contribution in [1.29, 1.82) is 0 Å². The Kier molecular flexibility index (Phi) is 3.63. The smallest absolute Gasteiger partial charge is 0.180 e. The van der Waals surface area contributed by atoms with Gasteiger partial charge in [-0.3, -0.25) is 9.38 Å². The first-order chi connectivity index (χ1) is 11.8. The summed E-state index contributed by atoms with van der Waals surface area (Å²) in [4.78, 5) is 12.9. The Morgan fingerprint density at radius 2 is 2.00 bits per heavy atom. The average molecular weight is 319 g/mol. The van der Waals surface area contributed by atoms with Gasteiger partial charge in [-0.25, -0.2) is 14.4 Å². The Bertz CT molecular complexity index is 981. The predicted molar refractivity (Wildman–Crippen MR) is 89.9 cm³/mol. The first kappa shape index (κ1) is 14.3. The highest BCUT2D eigenvalue weighted by atomic mass is 19.1. The number of aromatic nitrogens is 4. The number of rotatable bonds is 4. The third-order valence-corrected chi connectivity index (χ3v) is 3.73. The summed E-state index contributed by atoms with van der Waals surface area (Å²) in [5, 5.41) is 3.27. The van der Waals surface area contributed by atoms with Crippen molar-refractivity contribution in [3.8, 4) is 11.3 Å². The molecule has 0 atom stereocenters. The number of hydrogen-bond acceptors (Lipinski definition) is 4. The molecule has 0 saturated carbocycles. The highest BCUT2D eigenvalue weighted by Gasteiger charge is 2.10. The summed E-state index contributed by atoms with van der Waals surface area (Å²) in [6.45, 7) is 0.600. The highest BCUT2D eigenvalue weighted by Crippen LogP contribution is 2.24. The summed E-state index contributed by atoms with van der Waals surface area (Å²) in [5.74, 6) is 0.399. The lowest BCUT2D eigenvalue weighted by Gasteiger charge is -2.07. The monoisotopic (exact) mass is 319 g/mol. The summed E-state index contributed by atoms with van der Waals surface area (Å²) in [6.07, 6.45) is 8.78. The maximum Gasteiger partial charge on any atom is 0.180 e. The van der Waals surface area contributed by atoms with Gasteiger partial charge < -0.3 is 5.32 Å². The fourth-order valence-electron chi connectivity index (χ4n) is 2.59. The van der Waals surface area contributed by atoms with Crippen LogP contribution in [-0.2, 0) is 6.54 Å². The van der Waals surface area contributed by atoms with Crippen LogP contribution in [0.4, 0.5) is 10.2 Å². The van der Waals surface area contributed by atoms with Crippen LogP contribution in [0.1, 0.15) is 5.56 Å². The Labute approximate surface area is 137 Å². The molecular weight excluding hydrogens is 305 g/mol. The SMILES string of the molecule is Fc1cccc(-c2cnc3c(NCc4cccnc4)nccn23)c1. The normalized spacial score (nSPS) is 10.9. The van der Waals surface area contributed by atoms with Gasteiger partial charge in [0.05, 0.1) is 11.9 Å². The van der Waals surface area contributed by atoms with Crippen LogP contribution in [0.5, 0.6) is 0 Å². The van der Waals surface area contributed by atoms with Gasteiger partial charge in [0.25, 0.3) is 0 Å². The number of nitrogens with zero attached hydrogens (tertiary/aromatic N) is 4. The van der Waals surface area contributed by atoms with Gasteiger partial charge >= 0.3 is 0 Å². The molecule has 3 aromatic heterocycles. The Morgan fingerprint density at radius 1 is 1.04 bits per heavy atom. The number of hydrogen-bond donors (Lipinski definition) is 1. The van der Waals surface area contributed by atoms with E-state index in [1.807, 2.05) is 28.8 Å². The molecule has 1 aromatic carbocycles. The molecule has 24 heavy (non-hydrogen) atoms. The van der Waals surface area contributed by atoms with Crippen LogP contribution < -0.4 is 5.32 Å². The second-order valence-electron chi connectivity index (χ2n) is 5.34. The van der Waals surface area contributed by atoms with Crippen LogP contribution in [0.3, 0.4) is 0 Å². The van der Waals surface area contributed by atoms with Crippen LogP contribution in [0, 0.1) is 5.82 Å². The van der Waals surface area contributed by atoms with Crippen LogP contribution in [0.25, 0.3) is 16.9 Å². The molecule has 0 unspecified atom stereocenters. The van der Waals surface area contributed by atoms with Gasteiger partial charge in [-0.1, -0.05) is 18.2 Å². The Balaban J connectivity index is 1.69. The molecule has 0 radical (unpaired) electrons. The minimum atomic E-state index is -0.272. The molecular formula is C18H14FN5. The molecule has 1 N–H and O–H groups in total. The molecule has 118 valence electrons. The molecule has 0 aliphatic heterocycles. The number of benzene rings is 1. The fourth-order valence-corrected chi connectivity index (χ4v) is 2.59. The van der Waals surface area contributed by atoms with E-state index in [-0.39, 0.29) is 5.82 Å². The first-order valence-corrected chi connectivity index (χ1v) is 7.52. The topological polar surface area (TPSA) is 55.1 Å². The van der Waals surface area contributed by atoms with E-state index in [9.17, 15) is 4.39 Å². The molecule has 0 aliphatic carbocycles. The molecule has 0 bridgehead atoms. The highest BCUT2D eigenvalue weighted by molar-refractivity contribution is 5.70. The quantitative estimate of drug-likeness (QED) is 0.625. The van der Waals surface area contributed by atoms with Gasteiger partial charge in [0.1, 0.15) is 5.82 Å². The molecule has 3 heterocycles. The summed E-state index contributed by atoms with van der Waals surface area (Å²) < 4.78 is 15.4. The van der Waals surface area contributed by atoms with E-state index in [4.69, 9.17) is 0 Å². The van der Waals surface area contributed by atoms with Gasteiger partial charge in [-0.2, -0.15) is 0 Å². The van der Waals surface area contributed by atoms with Crippen LogP contribution in [0.15, 0.2) is 67.4 Å². The van der Waals surface area contributed by atoms with Crippen molar-refractivity contribution in [2.45, 2.75) is 6.54 Å². The number of anilines is 1. The molecule has 5 nitrogen and oxygen atoms in total. The predicted octanol–water partition coefficient (Wildman–Crippen LogP) is 3.54. The van der Waals surface area contributed by atoms with Crippen molar-refractivity contribution in [3.05, 3.63) is 78.8 Å². The second kappa shape index (κ2) is 6.08. The minimum absolute atomic E-state index is 0.272. The zero-order valence-corrected chi connectivity index (χ0v) is 12.7. The number of pyridine rings is 1. The maximum atomic E-state index is 13.5. The fraction of sp³-hybridized carbons (Fsp3) is 0.0556. The van der Waals surface area contributed by atoms with Crippen molar-refractivity contribution in [2.24, 2.45) is 0 Å². The average Bonchev–Trinajstić information content (AvgIpc) is 3.05. The number of halogens is 1. The van der Waals surface area contributed by atoms with Crippen LogP contribution in [0.2, 0.25) is 0 Å². The first-order valence-electron chi connectivity index (χ1n) is 7.52. The lowest BCUT2D eigenvalue weighted by Crippen LogP contribution is -2.04. The van der Waals surface area contributed by atoms with E-state index in [1.54, 1.807) is 30.9 Å². The zero-order chi connectivity index (χ0) is 16.4. The van der Waals surface area contributed by atoms with Crippen molar-refractivity contribution >= 4 is 11.5 Å². The molecule has 6 heteroatoms. The van der Waals surface area contributed by atoms with E-state index in [0.717, 1.165) is 16.8 Å². The minimum Gasteiger partial charge on any atom is -0.363 e. The molecule has 4 aromatic rings. The van der Waals surface area contributed by atoms with E-state index >= 15 is 0 Å². The van der Waals surface area contributed by atoms with Crippen molar-refractivity contribution in [1.82, 2.24) is 19.4 Å². The van der Waals surface area contributed by atoms with E-state index in [2.05, 4.69) is 20.3 Å². The van der Waals surface area contributed by atoms with Gasteiger partial charge in [-0.15, -0.1) is 0 Å². The standard InChI is InChI=1S/C18H14FN5/c19-15-5-1-4-14(9-15)16-12-23-18-17(21-7-8-24(16)18)22-11-13-3-2-6-20-10-13/h1-10,12H,11H2,(H,21,22). The molecule has 0 aliphatic rings. The largest absolute Gasteiger partial charge is 0.363 e. The number of nitrogens with one attached hydrogen (secondary N) is 1. The Morgan fingerprint density at radius 3 is 2.83 bits per heavy atom. The van der Waals surface area contributed by atoms with E-state index < -0.39 is 0 Å². The third kappa shape index (κ3) is 2.69. The Hall–Kier alpha value is -3.28. The van der Waals surface area contributed by atoms with Gasteiger partial charge in [0.15, 0.2) is 11.5 Å². The van der Waals surface area contributed by atoms with Crippen molar-refractivity contribution in [2.75, 3.05) is 5.32 Å². The van der Waals surface area contributed by atoms with Crippen LogP contribution in [-0.4, -0.2) is 19.4 Å². The van der Waals surface area contributed by atoms with Crippen molar-refractivity contribution in [3.63, 3.8) is 0 Å². The van der Waals surface area contributed by atoms with Crippen molar-refractivity contribution < 1.29 is 4.39 Å². The molecule has 4 rings (SSSR count). The second-order valence-corrected chi connectivity index (χ2v) is 5.34. The summed E-state index contributed by atoms with van der Waals surface area (Å²) in [5.41, 5.74) is 3.34. The van der Waals surface area contributed by atoms with Gasteiger partial charge in [0.2, 0.25) is 0 Å². The summed E-state index contributed by atoms with van der Waals surface area (Å²) in [6, 6.07) is 10.3. The maximum absolute atomic E-state index is 13.5.